The molecular formula is C14H17N3O2S. The van der Waals surface area contributed by atoms with Crippen LogP contribution in [0.15, 0.2) is 6.33 Å². The van der Waals surface area contributed by atoms with Crippen molar-refractivity contribution >= 4 is 33.3 Å². The first kappa shape index (κ1) is 13.3. The van der Waals surface area contributed by atoms with E-state index < -0.39 is 0 Å². The lowest BCUT2D eigenvalue weighted by Crippen LogP contribution is -2.20. The van der Waals surface area contributed by atoms with Crippen LogP contribution in [-0.2, 0) is 4.74 Å². The van der Waals surface area contributed by atoms with E-state index in [9.17, 15) is 4.79 Å². The van der Waals surface area contributed by atoms with Gasteiger partial charge >= 0.3 is 5.97 Å². The fourth-order valence-electron chi connectivity index (χ4n) is 2.68. The van der Waals surface area contributed by atoms with Gasteiger partial charge in [-0.05, 0) is 38.2 Å². The molecule has 1 fully saturated rings. The monoisotopic (exact) mass is 291 g/mol. The van der Waals surface area contributed by atoms with E-state index in [4.69, 9.17) is 10.5 Å². The van der Waals surface area contributed by atoms with Crippen molar-refractivity contribution in [1.29, 1.82) is 0 Å². The quantitative estimate of drug-likeness (QED) is 0.860. The summed E-state index contributed by atoms with van der Waals surface area (Å²) in [5, 5.41) is 0.771. The highest BCUT2D eigenvalue weighted by Gasteiger charge is 2.23. The van der Waals surface area contributed by atoms with Gasteiger partial charge in [0.25, 0.3) is 0 Å². The lowest BCUT2D eigenvalue weighted by atomic mass is 9.98. The van der Waals surface area contributed by atoms with Crippen LogP contribution < -0.4 is 5.73 Å². The number of aromatic nitrogens is 2. The zero-order valence-electron chi connectivity index (χ0n) is 11.4. The number of esters is 1. The van der Waals surface area contributed by atoms with Crippen LogP contribution in [0.4, 0.5) is 5.82 Å². The summed E-state index contributed by atoms with van der Waals surface area (Å²) in [5.41, 5.74) is 6.68. The molecule has 0 bridgehead atoms. The Balaban J connectivity index is 1.87. The topological polar surface area (TPSA) is 78.1 Å². The summed E-state index contributed by atoms with van der Waals surface area (Å²) in [5.74, 6) is 0.164. The highest BCUT2D eigenvalue weighted by atomic mass is 32.1. The minimum absolute atomic E-state index is 0.0595. The Hall–Kier alpha value is -1.69. The average molecular weight is 291 g/mol. The number of thiophene rings is 1. The molecule has 0 spiro atoms. The fraction of sp³-hybridized carbons (Fsp3) is 0.500. The Morgan fingerprint density at radius 3 is 2.80 bits per heavy atom. The molecule has 2 aromatic heterocycles. The SMILES string of the molecule is Cc1c(C(=O)OC2CCCCC2)sc2ncnc(N)c12. The first-order valence-electron chi connectivity index (χ1n) is 6.87. The number of hydrogen-bond acceptors (Lipinski definition) is 6. The summed E-state index contributed by atoms with van der Waals surface area (Å²) >= 11 is 1.33. The Morgan fingerprint density at radius 2 is 2.10 bits per heavy atom. The normalized spacial score (nSPS) is 16.4. The van der Waals surface area contributed by atoms with E-state index in [1.54, 1.807) is 0 Å². The average Bonchev–Trinajstić information content (AvgIpc) is 2.79. The van der Waals surface area contributed by atoms with Gasteiger partial charge < -0.3 is 10.5 Å². The molecular weight excluding hydrogens is 274 g/mol. The Kier molecular flexibility index (Phi) is 3.56. The maximum absolute atomic E-state index is 12.3. The van der Waals surface area contributed by atoms with E-state index in [2.05, 4.69) is 9.97 Å². The van der Waals surface area contributed by atoms with E-state index in [0.717, 1.165) is 41.5 Å². The van der Waals surface area contributed by atoms with E-state index in [1.807, 2.05) is 6.92 Å². The van der Waals surface area contributed by atoms with Crippen LogP contribution in [0.1, 0.15) is 47.3 Å². The van der Waals surface area contributed by atoms with Crippen LogP contribution in [-0.4, -0.2) is 22.0 Å². The number of nitrogens with two attached hydrogens (primary N) is 1. The lowest BCUT2D eigenvalue weighted by molar-refractivity contribution is 0.0216. The van der Waals surface area contributed by atoms with Crippen LogP contribution in [0, 0.1) is 6.92 Å². The third-order valence-electron chi connectivity index (χ3n) is 3.77. The molecule has 0 aromatic carbocycles. The number of ether oxygens (including phenoxy) is 1. The molecule has 0 amide bonds. The number of rotatable bonds is 2. The molecule has 106 valence electrons. The summed E-state index contributed by atoms with van der Waals surface area (Å²) in [6, 6.07) is 0. The third kappa shape index (κ3) is 2.35. The second kappa shape index (κ2) is 5.36. The maximum Gasteiger partial charge on any atom is 0.348 e. The molecule has 2 aromatic rings. The Bertz CT molecular complexity index is 647. The molecule has 6 heteroatoms. The van der Waals surface area contributed by atoms with Crippen LogP contribution in [0.25, 0.3) is 10.2 Å². The number of hydrogen-bond donors (Lipinski definition) is 1. The summed E-state index contributed by atoms with van der Waals surface area (Å²) in [6.45, 7) is 1.87. The highest BCUT2D eigenvalue weighted by molar-refractivity contribution is 7.20. The zero-order chi connectivity index (χ0) is 14.1. The second-order valence-electron chi connectivity index (χ2n) is 5.16. The number of fused-ring (bicyclic) bond motifs is 1. The number of nitrogens with zero attached hydrogens (tertiary/aromatic N) is 2. The summed E-state index contributed by atoms with van der Waals surface area (Å²) in [4.78, 5) is 21.8. The molecule has 3 rings (SSSR count). The number of carbonyl (C=O) groups is 1. The molecule has 1 aliphatic rings. The van der Waals surface area contributed by atoms with Gasteiger partial charge in [-0.2, -0.15) is 0 Å². The summed E-state index contributed by atoms with van der Waals surface area (Å²) < 4.78 is 5.61. The number of nitrogen functional groups attached to an aromatic ring is 1. The van der Waals surface area contributed by atoms with Crippen LogP contribution in [0.3, 0.4) is 0 Å². The predicted molar refractivity (Wildman–Crippen MR) is 78.9 cm³/mol. The Morgan fingerprint density at radius 1 is 1.35 bits per heavy atom. The van der Waals surface area contributed by atoms with Gasteiger partial charge in [0.1, 0.15) is 28.0 Å². The lowest BCUT2D eigenvalue weighted by Gasteiger charge is -2.21. The minimum atomic E-state index is -0.253. The van der Waals surface area contributed by atoms with Crippen molar-refractivity contribution in [2.75, 3.05) is 5.73 Å². The largest absolute Gasteiger partial charge is 0.458 e. The molecule has 1 saturated carbocycles. The van der Waals surface area contributed by atoms with Crippen molar-refractivity contribution < 1.29 is 9.53 Å². The number of aryl methyl sites for hydroxylation is 1. The molecule has 2 N–H and O–H groups in total. The van der Waals surface area contributed by atoms with E-state index in [-0.39, 0.29) is 12.1 Å². The smallest absolute Gasteiger partial charge is 0.348 e. The van der Waals surface area contributed by atoms with Gasteiger partial charge in [0, 0.05) is 0 Å². The standard InChI is InChI=1S/C14H17N3O2S/c1-8-10-12(15)16-7-17-13(10)20-11(8)14(18)19-9-5-3-2-4-6-9/h7,9H,2-6H2,1H3,(H2,15,16,17). The van der Waals surface area contributed by atoms with E-state index in [1.165, 1.54) is 24.1 Å². The molecule has 0 atom stereocenters. The van der Waals surface area contributed by atoms with Gasteiger partial charge in [0.05, 0.1) is 5.39 Å². The molecule has 0 radical (unpaired) electrons. The van der Waals surface area contributed by atoms with E-state index >= 15 is 0 Å². The third-order valence-corrected chi connectivity index (χ3v) is 4.95. The molecule has 0 aliphatic heterocycles. The van der Waals surface area contributed by atoms with Crippen molar-refractivity contribution in [1.82, 2.24) is 9.97 Å². The molecule has 0 unspecified atom stereocenters. The first-order chi connectivity index (χ1) is 9.66. The van der Waals surface area contributed by atoms with Crippen molar-refractivity contribution in [3.63, 3.8) is 0 Å². The number of anilines is 1. The fourth-order valence-corrected chi connectivity index (χ4v) is 3.72. The summed E-state index contributed by atoms with van der Waals surface area (Å²) in [6.07, 6.45) is 6.94. The summed E-state index contributed by atoms with van der Waals surface area (Å²) in [7, 11) is 0. The van der Waals surface area contributed by atoms with Crippen molar-refractivity contribution in [2.45, 2.75) is 45.1 Å². The van der Waals surface area contributed by atoms with Crippen molar-refractivity contribution in [3.8, 4) is 0 Å². The van der Waals surface area contributed by atoms with Gasteiger partial charge in [-0.25, -0.2) is 14.8 Å². The van der Waals surface area contributed by atoms with Gasteiger partial charge in [0.2, 0.25) is 0 Å². The first-order valence-corrected chi connectivity index (χ1v) is 7.69. The van der Waals surface area contributed by atoms with Crippen LogP contribution in [0.5, 0.6) is 0 Å². The van der Waals surface area contributed by atoms with Crippen LogP contribution in [0.2, 0.25) is 0 Å². The molecule has 5 nitrogen and oxygen atoms in total. The van der Waals surface area contributed by atoms with Crippen LogP contribution >= 0.6 is 11.3 Å². The Labute approximate surface area is 121 Å². The highest BCUT2D eigenvalue weighted by Crippen LogP contribution is 2.33. The van der Waals surface area contributed by atoms with Gasteiger partial charge in [-0.15, -0.1) is 11.3 Å². The second-order valence-corrected chi connectivity index (χ2v) is 6.16. The molecule has 0 saturated heterocycles. The molecule has 2 heterocycles. The zero-order valence-corrected chi connectivity index (χ0v) is 12.2. The van der Waals surface area contributed by atoms with E-state index in [0.29, 0.717) is 10.7 Å². The predicted octanol–water partition coefficient (Wildman–Crippen LogP) is 3.07. The van der Waals surface area contributed by atoms with Gasteiger partial charge in [-0.1, -0.05) is 6.42 Å². The van der Waals surface area contributed by atoms with Crippen molar-refractivity contribution in [2.24, 2.45) is 0 Å². The number of carbonyl (C=O) groups excluding carboxylic acids is 1. The minimum Gasteiger partial charge on any atom is -0.458 e. The molecule has 20 heavy (non-hydrogen) atoms. The van der Waals surface area contributed by atoms with Gasteiger partial charge in [0.15, 0.2) is 0 Å². The molecule has 1 aliphatic carbocycles. The van der Waals surface area contributed by atoms with Gasteiger partial charge in [-0.3, -0.25) is 0 Å². The van der Waals surface area contributed by atoms with Crippen molar-refractivity contribution in [3.05, 3.63) is 16.8 Å². The maximum atomic E-state index is 12.3.